The number of nitrogens with zero attached hydrogens (tertiary/aromatic N) is 3. The van der Waals surface area contributed by atoms with Crippen LogP contribution >= 0.6 is 11.3 Å². The lowest BCUT2D eigenvalue weighted by molar-refractivity contribution is 0.0619. The van der Waals surface area contributed by atoms with E-state index in [1.54, 1.807) is 12.0 Å². The average molecular weight is 300 g/mol. The summed E-state index contributed by atoms with van der Waals surface area (Å²) in [6.07, 6.45) is 0.884. The highest BCUT2D eigenvalue weighted by Gasteiger charge is 2.25. The maximum Gasteiger partial charge on any atom is 0.268 e. The van der Waals surface area contributed by atoms with Gasteiger partial charge in [0.2, 0.25) is 0 Å². The molecule has 6 nitrogen and oxygen atoms in total. The number of hydrogen-bond acceptors (Lipinski definition) is 6. The van der Waals surface area contributed by atoms with Crippen molar-refractivity contribution in [3.05, 3.63) is 4.88 Å². The Morgan fingerprint density at radius 1 is 1.50 bits per heavy atom. The van der Waals surface area contributed by atoms with E-state index in [0.29, 0.717) is 23.8 Å². The molecule has 7 heteroatoms. The van der Waals surface area contributed by atoms with Gasteiger partial charge in [0.25, 0.3) is 5.91 Å². The fraction of sp³-hybridized carbons (Fsp3) is 0.692. The SMILES string of the molecule is CCC(C)N(CCOC)C(=O)c1sc(N(C)C)nc1N. The zero-order valence-electron chi connectivity index (χ0n) is 12.8. The first-order valence-electron chi connectivity index (χ1n) is 6.65. The predicted octanol–water partition coefficient (Wildman–Crippen LogP) is 1.68. The lowest BCUT2D eigenvalue weighted by Crippen LogP contribution is -2.40. The van der Waals surface area contributed by atoms with Crippen LogP contribution in [0.2, 0.25) is 0 Å². The monoisotopic (exact) mass is 300 g/mol. The Balaban J connectivity index is 2.99. The smallest absolute Gasteiger partial charge is 0.268 e. The number of carbonyl (C=O) groups is 1. The van der Waals surface area contributed by atoms with Crippen molar-refractivity contribution in [1.29, 1.82) is 0 Å². The van der Waals surface area contributed by atoms with Crippen molar-refractivity contribution in [2.75, 3.05) is 45.0 Å². The van der Waals surface area contributed by atoms with Crippen LogP contribution in [0.3, 0.4) is 0 Å². The number of thiazole rings is 1. The third-order valence-corrected chi connectivity index (χ3v) is 4.37. The molecule has 1 aromatic heterocycles. The third-order valence-electron chi connectivity index (χ3n) is 3.14. The molecule has 1 heterocycles. The number of rotatable bonds is 7. The second-order valence-electron chi connectivity index (χ2n) is 4.85. The van der Waals surface area contributed by atoms with Crippen LogP contribution in [-0.4, -0.2) is 56.2 Å². The van der Waals surface area contributed by atoms with E-state index in [2.05, 4.69) is 11.9 Å². The van der Waals surface area contributed by atoms with Gasteiger partial charge in [-0.3, -0.25) is 4.79 Å². The van der Waals surface area contributed by atoms with Crippen molar-refractivity contribution in [3.8, 4) is 0 Å². The Kier molecular flexibility index (Phi) is 6.22. The van der Waals surface area contributed by atoms with E-state index < -0.39 is 0 Å². The highest BCUT2D eigenvalue weighted by molar-refractivity contribution is 7.18. The molecule has 1 atom stereocenters. The zero-order chi connectivity index (χ0) is 15.3. The lowest BCUT2D eigenvalue weighted by Gasteiger charge is -2.27. The number of hydrogen-bond donors (Lipinski definition) is 1. The van der Waals surface area contributed by atoms with E-state index in [1.807, 2.05) is 25.9 Å². The van der Waals surface area contributed by atoms with Crippen molar-refractivity contribution < 1.29 is 9.53 Å². The molecular formula is C13H24N4O2S. The first-order chi connectivity index (χ1) is 9.42. The fourth-order valence-corrected chi connectivity index (χ4v) is 2.59. The third kappa shape index (κ3) is 3.83. The number of aromatic nitrogens is 1. The number of nitrogens with two attached hydrogens (primary N) is 1. The summed E-state index contributed by atoms with van der Waals surface area (Å²) in [5.41, 5.74) is 5.88. The molecule has 114 valence electrons. The Morgan fingerprint density at radius 2 is 2.15 bits per heavy atom. The van der Waals surface area contributed by atoms with Crippen molar-refractivity contribution in [2.45, 2.75) is 26.3 Å². The van der Waals surface area contributed by atoms with Gasteiger partial charge < -0.3 is 20.3 Å². The van der Waals surface area contributed by atoms with Crippen molar-refractivity contribution >= 4 is 28.2 Å². The van der Waals surface area contributed by atoms with Crippen molar-refractivity contribution in [2.24, 2.45) is 0 Å². The average Bonchev–Trinajstić information content (AvgIpc) is 2.80. The van der Waals surface area contributed by atoms with Gasteiger partial charge in [0.15, 0.2) is 5.13 Å². The van der Waals surface area contributed by atoms with Gasteiger partial charge >= 0.3 is 0 Å². The van der Waals surface area contributed by atoms with Crippen LogP contribution in [0.5, 0.6) is 0 Å². The molecule has 0 saturated heterocycles. The Bertz CT molecular complexity index is 448. The first kappa shape index (κ1) is 16.7. The maximum atomic E-state index is 12.7. The molecule has 1 amide bonds. The fourth-order valence-electron chi connectivity index (χ4n) is 1.73. The second-order valence-corrected chi connectivity index (χ2v) is 5.83. The van der Waals surface area contributed by atoms with Crippen LogP contribution in [0.15, 0.2) is 0 Å². The summed E-state index contributed by atoms with van der Waals surface area (Å²) >= 11 is 1.32. The lowest BCUT2D eigenvalue weighted by atomic mass is 10.2. The van der Waals surface area contributed by atoms with E-state index in [1.165, 1.54) is 11.3 Å². The summed E-state index contributed by atoms with van der Waals surface area (Å²) in [5.74, 6) is 0.230. The minimum atomic E-state index is -0.0699. The Hall–Kier alpha value is -1.34. The molecular weight excluding hydrogens is 276 g/mol. The summed E-state index contributed by atoms with van der Waals surface area (Å²) in [6.45, 7) is 5.14. The summed E-state index contributed by atoms with van der Waals surface area (Å²) in [4.78, 5) is 21.0. The molecule has 1 aromatic rings. The molecule has 1 rings (SSSR count). The van der Waals surface area contributed by atoms with Crippen LogP contribution in [0.4, 0.5) is 10.9 Å². The number of nitrogen functional groups attached to an aromatic ring is 1. The highest BCUT2D eigenvalue weighted by Crippen LogP contribution is 2.28. The van der Waals surface area contributed by atoms with Crippen LogP contribution < -0.4 is 10.6 Å². The van der Waals surface area contributed by atoms with Crippen molar-refractivity contribution in [1.82, 2.24) is 9.88 Å². The molecule has 20 heavy (non-hydrogen) atoms. The molecule has 1 unspecified atom stereocenters. The summed E-state index contributed by atoms with van der Waals surface area (Å²) in [5, 5.41) is 0.738. The summed E-state index contributed by atoms with van der Waals surface area (Å²) < 4.78 is 5.08. The first-order valence-corrected chi connectivity index (χ1v) is 7.47. The molecule has 0 aliphatic carbocycles. The molecule has 0 fully saturated rings. The zero-order valence-corrected chi connectivity index (χ0v) is 13.7. The van der Waals surface area contributed by atoms with E-state index in [-0.39, 0.29) is 11.9 Å². The topological polar surface area (TPSA) is 71.7 Å². The predicted molar refractivity (Wildman–Crippen MR) is 83.5 cm³/mol. The van der Waals surface area contributed by atoms with Gasteiger partial charge in [-0.25, -0.2) is 4.98 Å². The molecule has 0 aliphatic heterocycles. The molecule has 0 saturated carbocycles. The Labute approximate surface area is 124 Å². The minimum Gasteiger partial charge on any atom is -0.383 e. The summed E-state index contributed by atoms with van der Waals surface area (Å²) in [7, 11) is 5.39. The van der Waals surface area contributed by atoms with Gasteiger partial charge in [-0.05, 0) is 13.3 Å². The molecule has 0 spiro atoms. The number of carbonyl (C=O) groups excluding carboxylic acids is 1. The number of ether oxygens (including phenoxy) is 1. The van der Waals surface area contributed by atoms with Gasteiger partial charge in [0.05, 0.1) is 6.61 Å². The van der Waals surface area contributed by atoms with Crippen LogP contribution in [0.25, 0.3) is 0 Å². The van der Waals surface area contributed by atoms with E-state index >= 15 is 0 Å². The van der Waals surface area contributed by atoms with Gasteiger partial charge in [-0.1, -0.05) is 18.3 Å². The normalized spacial score (nSPS) is 12.2. The summed E-state index contributed by atoms with van der Waals surface area (Å²) in [6, 6.07) is 0.141. The molecule has 0 aromatic carbocycles. The molecule has 0 radical (unpaired) electrons. The Morgan fingerprint density at radius 3 is 2.60 bits per heavy atom. The van der Waals surface area contributed by atoms with E-state index in [4.69, 9.17) is 10.5 Å². The maximum absolute atomic E-state index is 12.7. The highest BCUT2D eigenvalue weighted by atomic mass is 32.1. The van der Waals surface area contributed by atoms with Crippen LogP contribution in [0.1, 0.15) is 29.9 Å². The number of amides is 1. The number of anilines is 2. The largest absolute Gasteiger partial charge is 0.383 e. The molecule has 0 aliphatic rings. The van der Waals surface area contributed by atoms with E-state index in [0.717, 1.165) is 11.6 Å². The van der Waals surface area contributed by atoms with Gasteiger partial charge in [0.1, 0.15) is 10.7 Å². The molecule has 2 N–H and O–H groups in total. The van der Waals surface area contributed by atoms with Crippen LogP contribution in [0, 0.1) is 0 Å². The molecule has 0 bridgehead atoms. The van der Waals surface area contributed by atoms with Gasteiger partial charge in [-0.2, -0.15) is 0 Å². The standard InChI is InChI=1S/C13H24N4O2S/c1-6-9(2)17(7-8-19-5)12(18)10-11(14)15-13(20-10)16(3)4/h9H,6-8,14H2,1-5H3. The van der Waals surface area contributed by atoms with Crippen molar-refractivity contribution in [3.63, 3.8) is 0 Å². The quantitative estimate of drug-likeness (QED) is 0.829. The number of methoxy groups -OCH3 is 1. The minimum absolute atomic E-state index is 0.0699. The second kappa shape index (κ2) is 7.44. The van der Waals surface area contributed by atoms with E-state index in [9.17, 15) is 4.79 Å². The van der Waals surface area contributed by atoms with Crippen LogP contribution in [-0.2, 0) is 4.74 Å². The van der Waals surface area contributed by atoms with Gasteiger partial charge in [-0.15, -0.1) is 0 Å². The van der Waals surface area contributed by atoms with Gasteiger partial charge in [0, 0.05) is 33.8 Å².